The third-order valence-corrected chi connectivity index (χ3v) is 4.74. The van der Waals surface area contributed by atoms with E-state index in [4.69, 9.17) is 0 Å². The van der Waals surface area contributed by atoms with Crippen molar-refractivity contribution in [2.75, 3.05) is 0 Å². The van der Waals surface area contributed by atoms with E-state index in [-0.39, 0.29) is 0 Å². The first-order valence-corrected chi connectivity index (χ1v) is 8.44. The standard InChI is InChI=1S/C18H28.2Li/c1-5-7-10-15(3)17-12-9-13-18(14-17)16(4)11-8-6-2;;/h9,12-14H,5-8,10-11H2,1-4H3;;. The van der Waals surface area contributed by atoms with Crippen LogP contribution in [0.25, 0.3) is 0 Å². The van der Waals surface area contributed by atoms with Gasteiger partial charge in [-0.3, -0.25) is 0 Å². The van der Waals surface area contributed by atoms with E-state index in [0.29, 0.717) is 8.18 Å². The van der Waals surface area contributed by atoms with E-state index in [1.54, 1.807) is 0 Å². The van der Waals surface area contributed by atoms with Gasteiger partial charge in [0.25, 0.3) is 0 Å². The van der Waals surface area contributed by atoms with E-state index in [1.807, 2.05) is 0 Å². The van der Waals surface area contributed by atoms with Crippen molar-refractivity contribution in [2.45, 2.75) is 74.4 Å². The quantitative estimate of drug-likeness (QED) is 0.586. The molecule has 1 aromatic carbocycles. The van der Waals surface area contributed by atoms with Gasteiger partial charge in [-0.15, -0.1) is 0 Å². The summed E-state index contributed by atoms with van der Waals surface area (Å²) in [6.07, 6.45) is 7.76. The van der Waals surface area contributed by atoms with Gasteiger partial charge in [0.05, 0.1) is 0 Å². The van der Waals surface area contributed by atoms with Crippen LogP contribution in [-0.4, -0.2) is 35.4 Å². The summed E-state index contributed by atoms with van der Waals surface area (Å²) in [4.78, 5) is 0. The Labute approximate surface area is 144 Å². The zero-order valence-electron chi connectivity index (χ0n) is 14.6. The summed E-state index contributed by atoms with van der Waals surface area (Å²) in [5.41, 5.74) is 3.01. The van der Waals surface area contributed by atoms with Gasteiger partial charge < -0.3 is 0 Å². The van der Waals surface area contributed by atoms with Gasteiger partial charge in [-0.05, 0) is 0 Å². The average molecular weight is 258 g/mol. The van der Waals surface area contributed by atoms with Gasteiger partial charge in [-0.2, -0.15) is 0 Å². The van der Waals surface area contributed by atoms with Crippen molar-refractivity contribution < 1.29 is 0 Å². The van der Waals surface area contributed by atoms with Gasteiger partial charge >= 0.3 is 145 Å². The number of hydrogen-bond acceptors (Lipinski definition) is 0. The molecule has 0 aliphatic heterocycles. The van der Waals surface area contributed by atoms with E-state index in [2.05, 4.69) is 87.4 Å². The molecule has 0 spiro atoms. The Hall–Kier alpha value is 0.415. The summed E-state index contributed by atoms with van der Waals surface area (Å²) in [6.45, 7) is 9.34. The maximum atomic E-state index is 2.46. The molecule has 0 N–H and O–H groups in total. The molecule has 0 saturated heterocycles. The van der Waals surface area contributed by atoms with Crippen LogP contribution in [0.3, 0.4) is 0 Å². The Kier molecular flexibility index (Phi) is 7.53. The second kappa shape index (κ2) is 8.15. The summed E-state index contributed by atoms with van der Waals surface area (Å²) >= 11 is 4.78. The zero-order valence-corrected chi connectivity index (χ0v) is 14.6. The van der Waals surface area contributed by atoms with Crippen molar-refractivity contribution in [3.63, 3.8) is 0 Å². The molecule has 0 amide bonds. The summed E-state index contributed by atoms with van der Waals surface area (Å²) in [5.74, 6) is 0. The van der Waals surface area contributed by atoms with Crippen LogP contribution in [0.1, 0.15) is 77.3 Å². The summed E-state index contributed by atoms with van der Waals surface area (Å²) in [5, 5.41) is 0. The maximum absolute atomic E-state index is 2.46. The van der Waals surface area contributed by atoms with Crippen molar-refractivity contribution in [1.29, 1.82) is 0 Å². The van der Waals surface area contributed by atoms with Crippen molar-refractivity contribution in [1.82, 2.24) is 0 Å². The van der Waals surface area contributed by atoms with E-state index in [9.17, 15) is 0 Å². The molecule has 0 heterocycles. The van der Waals surface area contributed by atoms with Gasteiger partial charge in [-0.1, -0.05) is 0 Å². The first-order valence-electron chi connectivity index (χ1n) is 8.44. The molecule has 1 aromatic rings. The third kappa shape index (κ3) is 5.32. The van der Waals surface area contributed by atoms with Gasteiger partial charge in [0.1, 0.15) is 0 Å². The fraction of sp³-hybridized carbons (Fsp3) is 0.667. The van der Waals surface area contributed by atoms with Gasteiger partial charge in [0.2, 0.25) is 0 Å². The molecule has 0 aliphatic carbocycles. The van der Waals surface area contributed by atoms with Crippen molar-refractivity contribution in [2.24, 2.45) is 0 Å². The molecule has 0 bridgehead atoms. The molecule has 20 heavy (non-hydrogen) atoms. The van der Waals surface area contributed by atoms with Crippen molar-refractivity contribution in [3.05, 3.63) is 35.4 Å². The Balaban J connectivity index is 2.95. The van der Waals surface area contributed by atoms with Gasteiger partial charge in [-0.25, -0.2) is 0 Å². The Morgan fingerprint density at radius 3 is 1.60 bits per heavy atom. The Morgan fingerprint density at radius 2 is 1.25 bits per heavy atom. The predicted molar refractivity (Wildman–Crippen MR) is 91.7 cm³/mol. The van der Waals surface area contributed by atoms with Crippen LogP contribution in [0.15, 0.2) is 24.3 Å². The number of hydrogen-bond donors (Lipinski definition) is 0. The van der Waals surface area contributed by atoms with Crippen LogP contribution in [0, 0.1) is 0 Å². The molecule has 0 radical (unpaired) electrons. The minimum atomic E-state index is 0.298. The SMILES string of the molecule is [Li][C](C)(CCCC)c1cccc([C]([Li])(C)CCCC)c1. The molecule has 2 unspecified atom stereocenters. The van der Waals surface area contributed by atoms with Crippen LogP contribution >= 0.6 is 0 Å². The number of rotatable bonds is 8. The van der Waals surface area contributed by atoms with Crippen molar-refractivity contribution >= 4 is 35.4 Å². The molecule has 0 nitrogen and oxygen atoms in total. The molecule has 2 atom stereocenters. The van der Waals surface area contributed by atoms with E-state index < -0.39 is 0 Å². The molecule has 0 aliphatic rings. The Morgan fingerprint density at radius 1 is 0.850 bits per heavy atom. The molecule has 0 fully saturated rings. The predicted octanol–water partition coefficient (Wildman–Crippen LogP) is 4.83. The molecule has 102 valence electrons. The normalized spacial score (nSPS) is 17.6. The summed E-state index contributed by atoms with van der Waals surface area (Å²) < 4.78 is 0.597. The summed E-state index contributed by atoms with van der Waals surface area (Å²) in [7, 11) is 0. The average Bonchev–Trinajstić information content (AvgIpc) is 2.43. The van der Waals surface area contributed by atoms with Crippen LogP contribution < -0.4 is 0 Å². The third-order valence-electron chi connectivity index (χ3n) is 4.74. The molecule has 0 aromatic heterocycles. The first-order chi connectivity index (χ1) is 9.33. The van der Waals surface area contributed by atoms with E-state index >= 15 is 0 Å². The van der Waals surface area contributed by atoms with Crippen LogP contribution in [0.5, 0.6) is 0 Å². The van der Waals surface area contributed by atoms with Crippen molar-refractivity contribution in [3.8, 4) is 0 Å². The molecule has 2 heteroatoms. The second-order valence-corrected chi connectivity index (χ2v) is 7.56. The molecular weight excluding hydrogens is 230 g/mol. The number of benzene rings is 1. The van der Waals surface area contributed by atoms with Gasteiger partial charge in [0, 0.05) is 0 Å². The van der Waals surface area contributed by atoms with Crippen LogP contribution in [-0.2, 0) is 8.18 Å². The first kappa shape index (κ1) is 18.5. The van der Waals surface area contributed by atoms with Crippen LogP contribution in [0.4, 0.5) is 0 Å². The number of unbranched alkanes of at least 4 members (excludes halogenated alkanes) is 2. The second-order valence-electron chi connectivity index (χ2n) is 7.56. The minimum absolute atomic E-state index is 0.298. The van der Waals surface area contributed by atoms with E-state index in [1.165, 1.54) is 49.7 Å². The molecular formula is C18H28Li2. The fourth-order valence-corrected chi connectivity index (χ4v) is 2.89. The topological polar surface area (TPSA) is 0 Å². The van der Waals surface area contributed by atoms with E-state index in [0.717, 1.165) is 0 Å². The summed E-state index contributed by atoms with van der Waals surface area (Å²) in [6, 6.07) is 9.35. The monoisotopic (exact) mass is 258 g/mol. The molecule has 0 saturated carbocycles. The van der Waals surface area contributed by atoms with Crippen LogP contribution in [0.2, 0.25) is 0 Å². The van der Waals surface area contributed by atoms with Gasteiger partial charge in [0.15, 0.2) is 0 Å². The fourth-order valence-electron chi connectivity index (χ4n) is 2.89. The molecule has 1 rings (SSSR count). The zero-order chi connectivity index (χ0) is 15.2. The Bertz CT molecular complexity index is 372.